The maximum Gasteiger partial charge on any atom is 0.326 e. The molecule has 0 aliphatic carbocycles. The van der Waals surface area contributed by atoms with Gasteiger partial charge in [0.25, 0.3) is 0 Å². The molecule has 0 saturated heterocycles. The maximum absolute atomic E-state index is 13.1. The number of hydrogen-bond donors (Lipinski definition) is 2. The van der Waals surface area contributed by atoms with E-state index in [1.807, 2.05) is 0 Å². The fourth-order valence-electron chi connectivity index (χ4n) is 3.02. The Morgan fingerprint density at radius 2 is 0.889 bits per heavy atom. The average Bonchev–Trinajstić information content (AvgIpc) is 2.75. The van der Waals surface area contributed by atoms with E-state index in [9.17, 15) is 26.4 Å². The molecule has 0 bridgehead atoms. The summed E-state index contributed by atoms with van der Waals surface area (Å²) in [6.07, 6.45) is -1.36. The molecule has 0 spiro atoms. The lowest BCUT2D eigenvalue weighted by Gasteiger charge is -2.27. The van der Waals surface area contributed by atoms with Crippen LogP contribution in [0.2, 0.25) is 0 Å². The molecule has 10 nitrogen and oxygen atoms in total. The van der Waals surface area contributed by atoms with E-state index in [0.717, 1.165) is 11.1 Å². The molecule has 36 heavy (non-hydrogen) atoms. The minimum atomic E-state index is -4.38. The summed E-state index contributed by atoms with van der Waals surface area (Å²) in [5.74, 6) is -2.31. The average molecular weight is 541 g/mol. The van der Waals surface area contributed by atoms with Crippen molar-refractivity contribution in [3.8, 4) is 0 Å². The Balaban J connectivity index is 2.57. The highest BCUT2D eigenvalue weighted by atomic mass is 32.2. The van der Waals surface area contributed by atoms with Gasteiger partial charge in [-0.05, 0) is 65.8 Å². The summed E-state index contributed by atoms with van der Waals surface area (Å²) in [4.78, 5) is 25.7. The van der Waals surface area contributed by atoms with Gasteiger partial charge < -0.3 is 9.47 Å². The molecule has 2 atom stereocenters. The molecule has 0 saturated carbocycles. The van der Waals surface area contributed by atoms with Gasteiger partial charge in [-0.3, -0.25) is 9.59 Å². The van der Waals surface area contributed by atoms with Gasteiger partial charge in [-0.15, -0.1) is 0 Å². The van der Waals surface area contributed by atoms with E-state index in [1.54, 1.807) is 38.1 Å². The Bertz CT molecular complexity index is 1170. The van der Waals surface area contributed by atoms with E-state index in [-0.39, 0.29) is 9.79 Å². The number of esters is 2. The molecule has 0 aromatic heterocycles. The number of nitrogens with one attached hydrogen (secondary N) is 2. The standard InChI is InChI=1S/C24H32N2O8S2/c1-15(2)33-23(27)21(25-35(29,30)19-11-7-17(5)8-12-19)22(24(28)34-16(3)4)26-36(31,32)20-13-9-18(6)10-14-20/h7-16,21-22,25-26H,1-6H3/t21-,22+. The van der Waals surface area contributed by atoms with Gasteiger partial charge in [0.05, 0.1) is 22.0 Å². The number of aryl methyl sites for hydroxylation is 2. The predicted octanol–water partition coefficient (Wildman–Crippen LogP) is 2.20. The molecule has 0 aliphatic heterocycles. The summed E-state index contributed by atoms with van der Waals surface area (Å²) in [5, 5.41) is 0. The van der Waals surface area contributed by atoms with Crippen LogP contribution in [-0.2, 0) is 39.1 Å². The Morgan fingerprint density at radius 1 is 0.611 bits per heavy atom. The molecule has 2 N–H and O–H groups in total. The smallest absolute Gasteiger partial charge is 0.326 e. The van der Waals surface area contributed by atoms with E-state index in [0.29, 0.717) is 0 Å². The summed E-state index contributed by atoms with van der Waals surface area (Å²) in [7, 11) is -8.77. The second kappa shape index (κ2) is 12.0. The fraction of sp³-hybridized carbons (Fsp3) is 0.417. The summed E-state index contributed by atoms with van der Waals surface area (Å²) in [6, 6.07) is 7.57. The second-order valence-corrected chi connectivity index (χ2v) is 12.2. The van der Waals surface area contributed by atoms with Crippen LogP contribution in [0.5, 0.6) is 0 Å². The summed E-state index contributed by atoms with van der Waals surface area (Å²) < 4.78 is 67.1. The van der Waals surface area contributed by atoms with Gasteiger partial charge in [-0.1, -0.05) is 35.4 Å². The molecule has 0 amide bonds. The van der Waals surface area contributed by atoms with Gasteiger partial charge in [0, 0.05) is 0 Å². The molecule has 198 valence electrons. The molecule has 0 aliphatic rings. The molecular formula is C24H32N2O8S2. The van der Waals surface area contributed by atoms with Crippen molar-refractivity contribution in [2.45, 2.75) is 75.6 Å². The lowest BCUT2D eigenvalue weighted by molar-refractivity contribution is -0.158. The number of benzene rings is 2. The molecule has 12 heteroatoms. The minimum absolute atomic E-state index is 0.187. The fourth-order valence-corrected chi connectivity index (χ4v) is 5.42. The normalized spacial score (nSPS) is 13.9. The quantitative estimate of drug-likeness (QED) is 0.413. The third-order valence-corrected chi connectivity index (χ3v) is 7.69. The first-order valence-corrected chi connectivity index (χ1v) is 14.2. The zero-order valence-corrected chi connectivity index (χ0v) is 22.6. The van der Waals surface area contributed by atoms with E-state index < -0.39 is 56.3 Å². The zero-order valence-electron chi connectivity index (χ0n) is 21.0. The minimum Gasteiger partial charge on any atom is -0.462 e. The van der Waals surface area contributed by atoms with E-state index in [1.165, 1.54) is 52.0 Å². The second-order valence-electron chi connectivity index (χ2n) is 8.80. The highest BCUT2D eigenvalue weighted by molar-refractivity contribution is 7.90. The van der Waals surface area contributed by atoms with Gasteiger partial charge >= 0.3 is 11.9 Å². The molecule has 2 aromatic carbocycles. The van der Waals surface area contributed by atoms with E-state index in [2.05, 4.69) is 9.44 Å². The topological polar surface area (TPSA) is 145 Å². The van der Waals surface area contributed by atoms with Crippen molar-refractivity contribution in [1.29, 1.82) is 0 Å². The Kier molecular flexibility index (Phi) is 9.78. The van der Waals surface area contributed by atoms with Crippen LogP contribution in [0.15, 0.2) is 58.3 Å². The van der Waals surface area contributed by atoms with Crippen molar-refractivity contribution in [1.82, 2.24) is 9.44 Å². The number of carbonyl (C=O) groups is 2. The molecule has 2 aromatic rings. The number of ether oxygens (including phenoxy) is 2. The van der Waals surface area contributed by atoms with Crippen molar-refractivity contribution in [2.75, 3.05) is 0 Å². The van der Waals surface area contributed by atoms with Crippen molar-refractivity contribution in [3.05, 3.63) is 59.7 Å². The first kappa shape index (κ1) is 29.4. The van der Waals surface area contributed by atoms with Crippen LogP contribution in [0.1, 0.15) is 38.8 Å². The number of rotatable bonds is 11. The predicted molar refractivity (Wildman–Crippen MR) is 133 cm³/mol. The summed E-state index contributed by atoms with van der Waals surface area (Å²) in [5.41, 5.74) is 1.60. The van der Waals surface area contributed by atoms with Crippen LogP contribution in [-0.4, -0.2) is 53.1 Å². The lowest BCUT2D eigenvalue weighted by Crippen LogP contribution is -2.60. The van der Waals surface area contributed by atoms with Crippen LogP contribution in [0, 0.1) is 13.8 Å². The molecule has 2 rings (SSSR count). The van der Waals surface area contributed by atoms with Crippen molar-refractivity contribution in [3.63, 3.8) is 0 Å². The number of carbonyl (C=O) groups excluding carboxylic acids is 2. The third kappa shape index (κ3) is 8.12. The first-order chi connectivity index (χ1) is 16.6. The highest BCUT2D eigenvalue weighted by Gasteiger charge is 2.42. The van der Waals surface area contributed by atoms with Gasteiger partial charge in [-0.2, -0.15) is 9.44 Å². The van der Waals surface area contributed by atoms with Crippen LogP contribution in [0.25, 0.3) is 0 Å². The Morgan fingerprint density at radius 3 is 1.14 bits per heavy atom. The monoisotopic (exact) mass is 540 g/mol. The summed E-state index contributed by atoms with van der Waals surface area (Å²) >= 11 is 0. The van der Waals surface area contributed by atoms with Gasteiger partial charge in [-0.25, -0.2) is 16.8 Å². The molecule has 0 unspecified atom stereocenters. The summed E-state index contributed by atoms with van der Waals surface area (Å²) in [6.45, 7) is 9.65. The van der Waals surface area contributed by atoms with E-state index in [4.69, 9.17) is 9.47 Å². The van der Waals surface area contributed by atoms with Crippen molar-refractivity contribution in [2.24, 2.45) is 0 Å². The SMILES string of the molecule is Cc1ccc(S(=O)(=O)N[C@H](C(=O)OC(C)C)[C@@H](NS(=O)(=O)c2ccc(C)cc2)C(=O)OC(C)C)cc1. The van der Waals surface area contributed by atoms with Crippen molar-refractivity contribution < 1.29 is 35.9 Å². The van der Waals surface area contributed by atoms with Crippen LogP contribution < -0.4 is 9.44 Å². The van der Waals surface area contributed by atoms with Crippen LogP contribution in [0.3, 0.4) is 0 Å². The third-order valence-electron chi connectivity index (χ3n) is 4.77. The lowest BCUT2D eigenvalue weighted by atomic mass is 10.1. The zero-order chi connectivity index (χ0) is 27.3. The molecule has 0 heterocycles. The van der Waals surface area contributed by atoms with E-state index >= 15 is 0 Å². The number of hydrogen-bond acceptors (Lipinski definition) is 8. The maximum atomic E-state index is 13.1. The molecule has 0 radical (unpaired) electrons. The Labute approximate surface area is 212 Å². The van der Waals surface area contributed by atoms with Crippen LogP contribution in [0.4, 0.5) is 0 Å². The molecular weight excluding hydrogens is 508 g/mol. The first-order valence-electron chi connectivity index (χ1n) is 11.2. The van der Waals surface area contributed by atoms with Gasteiger partial charge in [0.15, 0.2) is 0 Å². The van der Waals surface area contributed by atoms with Crippen molar-refractivity contribution >= 4 is 32.0 Å². The Hall–Kier alpha value is -2.80. The van der Waals surface area contributed by atoms with Gasteiger partial charge in [0.2, 0.25) is 20.0 Å². The number of sulfonamides is 2. The largest absolute Gasteiger partial charge is 0.462 e. The van der Waals surface area contributed by atoms with Gasteiger partial charge in [0.1, 0.15) is 12.1 Å². The highest BCUT2D eigenvalue weighted by Crippen LogP contribution is 2.16. The van der Waals surface area contributed by atoms with Crippen LogP contribution >= 0.6 is 0 Å². The molecule has 0 fully saturated rings.